The summed E-state index contributed by atoms with van der Waals surface area (Å²) >= 11 is 3.30. The summed E-state index contributed by atoms with van der Waals surface area (Å²) in [6.45, 7) is 1.90. The lowest BCUT2D eigenvalue weighted by Gasteiger charge is -2.06. The van der Waals surface area contributed by atoms with Gasteiger partial charge in [0.2, 0.25) is 0 Å². The average Bonchev–Trinajstić information content (AvgIpc) is 2.45. The van der Waals surface area contributed by atoms with Gasteiger partial charge in [-0.3, -0.25) is 0 Å². The van der Waals surface area contributed by atoms with Gasteiger partial charge in [-0.2, -0.15) is 5.10 Å². The van der Waals surface area contributed by atoms with Gasteiger partial charge in [-0.1, -0.05) is 34.1 Å². The molecule has 0 bridgehead atoms. The highest BCUT2D eigenvalue weighted by atomic mass is 79.9. The molecule has 0 saturated heterocycles. The van der Waals surface area contributed by atoms with Gasteiger partial charge in [0.25, 0.3) is 0 Å². The number of carbonyl (C=O) groups is 1. The predicted octanol–water partition coefficient (Wildman–Crippen LogP) is 3.62. The molecule has 0 unspecified atom stereocenters. The Hall–Kier alpha value is -2.34. The van der Waals surface area contributed by atoms with E-state index in [0.717, 1.165) is 15.7 Å². The molecule has 2 rings (SSSR count). The molecule has 0 radical (unpaired) electrons. The van der Waals surface area contributed by atoms with Crippen molar-refractivity contribution in [3.8, 4) is 5.75 Å². The SMILES string of the molecule is Cc1ccccc1NC(=O)N/N=C/c1cc(Br)ccc1O. The zero-order valence-corrected chi connectivity index (χ0v) is 12.9. The van der Waals surface area contributed by atoms with Crippen LogP contribution < -0.4 is 10.7 Å². The summed E-state index contributed by atoms with van der Waals surface area (Å²) in [7, 11) is 0. The lowest BCUT2D eigenvalue weighted by molar-refractivity contribution is 0.252. The van der Waals surface area contributed by atoms with E-state index in [1.807, 2.05) is 25.1 Å². The maximum absolute atomic E-state index is 11.7. The largest absolute Gasteiger partial charge is 0.507 e. The van der Waals surface area contributed by atoms with E-state index >= 15 is 0 Å². The van der Waals surface area contributed by atoms with Crippen molar-refractivity contribution in [2.24, 2.45) is 5.10 Å². The van der Waals surface area contributed by atoms with Gasteiger partial charge in [0.1, 0.15) is 5.75 Å². The van der Waals surface area contributed by atoms with Crippen LogP contribution in [0.25, 0.3) is 0 Å². The van der Waals surface area contributed by atoms with E-state index in [2.05, 4.69) is 31.8 Å². The quantitative estimate of drug-likeness (QED) is 0.586. The number of hydrogen-bond donors (Lipinski definition) is 3. The average molecular weight is 348 g/mol. The maximum Gasteiger partial charge on any atom is 0.339 e. The highest BCUT2D eigenvalue weighted by Gasteiger charge is 2.02. The Morgan fingerprint density at radius 2 is 2.05 bits per heavy atom. The number of hydrazone groups is 1. The Morgan fingerprint density at radius 3 is 2.81 bits per heavy atom. The molecule has 0 saturated carbocycles. The van der Waals surface area contributed by atoms with Crippen LogP contribution in [0.15, 0.2) is 52.0 Å². The van der Waals surface area contributed by atoms with Crippen molar-refractivity contribution in [3.63, 3.8) is 0 Å². The van der Waals surface area contributed by atoms with Crippen LogP contribution in [-0.2, 0) is 0 Å². The first-order chi connectivity index (χ1) is 10.1. The summed E-state index contributed by atoms with van der Waals surface area (Å²) in [4.78, 5) is 11.7. The molecule has 2 aromatic rings. The third-order valence-electron chi connectivity index (χ3n) is 2.75. The Labute approximate surface area is 130 Å². The van der Waals surface area contributed by atoms with E-state index in [-0.39, 0.29) is 5.75 Å². The number of aryl methyl sites for hydroxylation is 1. The van der Waals surface area contributed by atoms with E-state index in [0.29, 0.717) is 5.56 Å². The number of anilines is 1. The molecule has 5 nitrogen and oxygen atoms in total. The standard InChI is InChI=1S/C15H14BrN3O2/c1-10-4-2-3-5-13(10)18-15(21)19-17-9-11-8-12(16)6-7-14(11)20/h2-9,20H,1H3,(H2,18,19,21)/b17-9+. The molecule has 0 aromatic heterocycles. The fraction of sp³-hybridized carbons (Fsp3) is 0.0667. The molecule has 2 amide bonds. The summed E-state index contributed by atoms with van der Waals surface area (Å²) in [5.74, 6) is 0.0862. The molecular formula is C15H14BrN3O2. The Kier molecular flexibility index (Phi) is 4.94. The molecule has 2 aromatic carbocycles. The van der Waals surface area contributed by atoms with Gasteiger partial charge >= 0.3 is 6.03 Å². The van der Waals surface area contributed by atoms with Gasteiger partial charge < -0.3 is 10.4 Å². The normalized spacial score (nSPS) is 10.6. The van der Waals surface area contributed by atoms with Gasteiger partial charge in [0.05, 0.1) is 6.21 Å². The minimum Gasteiger partial charge on any atom is -0.507 e. The number of halogens is 1. The van der Waals surface area contributed by atoms with Crippen LogP contribution in [0.5, 0.6) is 5.75 Å². The number of urea groups is 1. The van der Waals surface area contributed by atoms with Crippen molar-refractivity contribution in [1.82, 2.24) is 5.43 Å². The van der Waals surface area contributed by atoms with Crippen molar-refractivity contribution >= 4 is 33.9 Å². The molecule has 6 heteroatoms. The molecule has 0 aliphatic rings. The molecule has 21 heavy (non-hydrogen) atoms. The number of amides is 2. The van der Waals surface area contributed by atoms with E-state index in [4.69, 9.17) is 0 Å². The lowest BCUT2D eigenvalue weighted by atomic mass is 10.2. The molecule has 0 atom stereocenters. The summed E-state index contributed by atoms with van der Waals surface area (Å²) in [5, 5.41) is 16.1. The molecule has 0 aliphatic carbocycles. The first kappa shape index (κ1) is 15.1. The second-order valence-electron chi connectivity index (χ2n) is 4.34. The van der Waals surface area contributed by atoms with Crippen molar-refractivity contribution < 1.29 is 9.90 Å². The number of phenolic OH excluding ortho intramolecular Hbond substituents is 1. The second-order valence-corrected chi connectivity index (χ2v) is 5.26. The van der Waals surface area contributed by atoms with Crippen molar-refractivity contribution in [2.75, 3.05) is 5.32 Å². The smallest absolute Gasteiger partial charge is 0.339 e. The zero-order valence-electron chi connectivity index (χ0n) is 11.3. The molecule has 0 fully saturated rings. The monoisotopic (exact) mass is 347 g/mol. The second kappa shape index (κ2) is 6.90. The number of para-hydroxylation sites is 1. The van der Waals surface area contributed by atoms with Gasteiger partial charge in [0, 0.05) is 15.7 Å². The first-order valence-electron chi connectivity index (χ1n) is 6.20. The van der Waals surface area contributed by atoms with Crippen LogP contribution in [0, 0.1) is 6.92 Å². The number of rotatable bonds is 3. The van der Waals surface area contributed by atoms with Crippen molar-refractivity contribution in [1.29, 1.82) is 0 Å². The van der Waals surface area contributed by atoms with E-state index in [1.54, 1.807) is 24.3 Å². The Morgan fingerprint density at radius 1 is 1.29 bits per heavy atom. The number of phenols is 1. The van der Waals surface area contributed by atoms with Gasteiger partial charge in [-0.05, 0) is 36.8 Å². The fourth-order valence-electron chi connectivity index (χ4n) is 1.65. The van der Waals surface area contributed by atoms with Gasteiger partial charge in [-0.15, -0.1) is 0 Å². The van der Waals surface area contributed by atoms with Crippen LogP contribution in [-0.4, -0.2) is 17.4 Å². The minimum absolute atomic E-state index is 0.0862. The van der Waals surface area contributed by atoms with Crippen molar-refractivity contribution in [3.05, 3.63) is 58.1 Å². The molecule has 3 N–H and O–H groups in total. The van der Waals surface area contributed by atoms with Crippen LogP contribution in [0.4, 0.5) is 10.5 Å². The highest BCUT2D eigenvalue weighted by Crippen LogP contribution is 2.19. The third kappa shape index (κ3) is 4.32. The molecular weight excluding hydrogens is 334 g/mol. The molecule has 0 aliphatic heterocycles. The highest BCUT2D eigenvalue weighted by molar-refractivity contribution is 9.10. The van der Waals surface area contributed by atoms with Crippen LogP contribution in [0.1, 0.15) is 11.1 Å². The summed E-state index contributed by atoms with van der Waals surface area (Å²) in [5.41, 5.74) is 4.52. The molecule has 0 spiro atoms. The zero-order chi connectivity index (χ0) is 15.2. The number of carbonyl (C=O) groups excluding carboxylic acids is 1. The number of aromatic hydroxyl groups is 1. The van der Waals surface area contributed by atoms with Crippen LogP contribution >= 0.6 is 15.9 Å². The molecule has 108 valence electrons. The maximum atomic E-state index is 11.7. The van der Waals surface area contributed by atoms with Crippen LogP contribution in [0.2, 0.25) is 0 Å². The first-order valence-corrected chi connectivity index (χ1v) is 7.00. The van der Waals surface area contributed by atoms with E-state index in [1.165, 1.54) is 6.21 Å². The van der Waals surface area contributed by atoms with E-state index in [9.17, 15) is 9.90 Å². The number of nitrogens with one attached hydrogen (secondary N) is 2. The Balaban J connectivity index is 1.96. The lowest BCUT2D eigenvalue weighted by Crippen LogP contribution is -2.24. The Bertz CT molecular complexity index is 686. The number of hydrogen-bond acceptors (Lipinski definition) is 3. The third-order valence-corrected chi connectivity index (χ3v) is 3.25. The summed E-state index contributed by atoms with van der Waals surface area (Å²) in [6, 6.07) is 11.9. The molecule has 0 heterocycles. The number of nitrogens with zero attached hydrogens (tertiary/aromatic N) is 1. The van der Waals surface area contributed by atoms with Crippen LogP contribution in [0.3, 0.4) is 0 Å². The fourth-order valence-corrected chi connectivity index (χ4v) is 2.03. The topological polar surface area (TPSA) is 73.7 Å². The summed E-state index contributed by atoms with van der Waals surface area (Å²) < 4.78 is 0.811. The predicted molar refractivity (Wildman–Crippen MR) is 86.7 cm³/mol. The number of benzene rings is 2. The van der Waals surface area contributed by atoms with E-state index < -0.39 is 6.03 Å². The van der Waals surface area contributed by atoms with Gasteiger partial charge in [0.15, 0.2) is 0 Å². The minimum atomic E-state index is -0.449. The summed E-state index contributed by atoms with van der Waals surface area (Å²) in [6.07, 6.45) is 1.37. The van der Waals surface area contributed by atoms with Gasteiger partial charge in [-0.25, -0.2) is 10.2 Å². The van der Waals surface area contributed by atoms with Crippen molar-refractivity contribution in [2.45, 2.75) is 6.92 Å².